The maximum Gasteiger partial charge on any atom is 0.255 e. The third-order valence-electron chi connectivity index (χ3n) is 2.86. The molecule has 1 aliphatic heterocycles. The molecule has 0 radical (unpaired) electrons. The Morgan fingerprint density at radius 1 is 1.47 bits per heavy atom. The zero-order valence-corrected chi connectivity index (χ0v) is 11.4. The molecule has 0 atom stereocenters. The van der Waals surface area contributed by atoms with E-state index >= 15 is 0 Å². The van der Waals surface area contributed by atoms with Crippen molar-refractivity contribution in [2.24, 2.45) is 0 Å². The van der Waals surface area contributed by atoms with Crippen molar-refractivity contribution in [3.8, 4) is 11.8 Å². The highest BCUT2D eigenvalue weighted by molar-refractivity contribution is 7.99. The quantitative estimate of drug-likeness (QED) is 0.778. The highest BCUT2D eigenvalue weighted by atomic mass is 32.2. The molecule has 100 valence electrons. The number of rotatable bonds is 1. The SMILES string of the molecule is O=C(c1ccncc1C#CCO)N1CCCSCC1. The van der Waals surface area contributed by atoms with E-state index in [4.69, 9.17) is 5.11 Å². The van der Waals surface area contributed by atoms with Crippen LogP contribution in [0, 0.1) is 11.8 Å². The summed E-state index contributed by atoms with van der Waals surface area (Å²) in [6.45, 7) is 1.35. The summed E-state index contributed by atoms with van der Waals surface area (Å²) in [6, 6.07) is 1.70. The van der Waals surface area contributed by atoms with E-state index in [0.717, 1.165) is 31.0 Å². The number of carbonyl (C=O) groups excluding carboxylic acids is 1. The first-order valence-corrected chi connectivity index (χ1v) is 7.39. The molecule has 1 fully saturated rings. The van der Waals surface area contributed by atoms with Gasteiger partial charge >= 0.3 is 0 Å². The maximum atomic E-state index is 12.5. The van der Waals surface area contributed by atoms with E-state index < -0.39 is 0 Å². The molecule has 2 heterocycles. The molecule has 4 nitrogen and oxygen atoms in total. The molecule has 0 bridgehead atoms. The van der Waals surface area contributed by atoms with Gasteiger partial charge in [-0.05, 0) is 18.2 Å². The number of aliphatic hydroxyl groups excluding tert-OH is 1. The van der Waals surface area contributed by atoms with Crippen molar-refractivity contribution in [1.82, 2.24) is 9.88 Å². The summed E-state index contributed by atoms with van der Waals surface area (Å²) >= 11 is 1.88. The van der Waals surface area contributed by atoms with E-state index in [2.05, 4.69) is 16.8 Å². The van der Waals surface area contributed by atoms with Crippen LogP contribution >= 0.6 is 11.8 Å². The number of amides is 1. The fourth-order valence-corrected chi connectivity index (χ4v) is 2.82. The largest absolute Gasteiger partial charge is 0.384 e. The van der Waals surface area contributed by atoms with Crippen molar-refractivity contribution in [2.45, 2.75) is 6.42 Å². The molecule has 0 saturated carbocycles. The van der Waals surface area contributed by atoms with Crippen LogP contribution in [0.4, 0.5) is 0 Å². The highest BCUT2D eigenvalue weighted by Crippen LogP contribution is 2.15. The number of pyridine rings is 1. The van der Waals surface area contributed by atoms with Crippen LogP contribution < -0.4 is 0 Å². The van der Waals surface area contributed by atoms with Gasteiger partial charge in [-0.15, -0.1) is 0 Å². The lowest BCUT2D eigenvalue weighted by Crippen LogP contribution is -2.33. The zero-order valence-electron chi connectivity index (χ0n) is 10.6. The van der Waals surface area contributed by atoms with Gasteiger partial charge in [-0.3, -0.25) is 9.78 Å². The summed E-state index contributed by atoms with van der Waals surface area (Å²) in [7, 11) is 0. The van der Waals surface area contributed by atoms with Crippen LogP contribution in [0.5, 0.6) is 0 Å². The summed E-state index contributed by atoms with van der Waals surface area (Å²) < 4.78 is 0. The van der Waals surface area contributed by atoms with Crippen LogP contribution in [0.2, 0.25) is 0 Å². The third-order valence-corrected chi connectivity index (χ3v) is 3.91. The lowest BCUT2D eigenvalue weighted by atomic mass is 10.1. The van der Waals surface area contributed by atoms with Crippen molar-refractivity contribution < 1.29 is 9.90 Å². The van der Waals surface area contributed by atoms with Gasteiger partial charge in [0.15, 0.2) is 0 Å². The van der Waals surface area contributed by atoms with E-state index in [1.807, 2.05) is 16.7 Å². The van der Waals surface area contributed by atoms with Gasteiger partial charge in [0.2, 0.25) is 0 Å². The van der Waals surface area contributed by atoms with Crippen molar-refractivity contribution in [2.75, 3.05) is 31.2 Å². The second kappa shape index (κ2) is 7.17. The molecule has 1 aromatic heterocycles. The lowest BCUT2D eigenvalue weighted by Gasteiger charge is -2.20. The molecule has 1 amide bonds. The van der Waals surface area contributed by atoms with E-state index in [1.165, 1.54) is 0 Å². The van der Waals surface area contributed by atoms with Crippen LogP contribution in [0.1, 0.15) is 22.3 Å². The molecule has 1 aromatic rings. The monoisotopic (exact) mass is 276 g/mol. The fraction of sp³-hybridized carbons (Fsp3) is 0.429. The molecule has 1 saturated heterocycles. The van der Waals surface area contributed by atoms with Gasteiger partial charge in [0, 0.05) is 31.2 Å². The van der Waals surface area contributed by atoms with Crippen LogP contribution in [0.15, 0.2) is 18.5 Å². The van der Waals surface area contributed by atoms with Crippen molar-refractivity contribution in [1.29, 1.82) is 0 Å². The van der Waals surface area contributed by atoms with Gasteiger partial charge in [0.05, 0.1) is 11.1 Å². The molecule has 2 rings (SSSR count). The topological polar surface area (TPSA) is 53.4 Å². The van der Waals surface area contributed by atoms with Gasteiger partial charge in [0.1, 0.15) is 6.61 Å². The molecule has 0 aliphatic carbocycles. The molecule has 1 N–H and O–H groups in total. The number of aliphatic hydroxyl groups is 1. The first-order valence-electron chi connectivity index (χ1n) is 6.23. The van der Waals surface area contributed by atoms with Gasteiger partial charge in [0.25, 0.3) is 5.91 Å². The summed E-state index contributed by atoms with van der Waals surface area (Å²) in [4.78, 5) is 18.4. The van der Waals surface area contributed by atoms with Crippen molar-refractivity contribution in [3.63, 3.8) is 0 Å². The Balaban J connectivity index is 2.22. The number of thioether (sulfide) groups is 1. The minimum Gasteiger partial charge on any atom is -0.384 e. The highest BCUT2D eigenvalue weighted by Gasteiger charge is 2.19. The van der Waals surface area contributed by atoms with E-state index in [-0.39, 0.29) is 12.5 Å². The number of nitrogens with zero attached hydrogens (tertiary/aromatic N) is 2. The Bertz CT molecular complexity index is 500. The molecular weight excluding hydrogens is 260 g/mol. The smallest absolute Gasteiger partial charge is 0.255 e. The fourth-order valence-electron chi connectivity index (χ4n) is 1.93. The average molecular weight is 276 g/mol. The van der Waals surface area contributed by atoms with E-state index in [1.54, 1.807) is 18.5 Å². The molecular formula is C14H16N2O2S. The molecule has 19 heavy (non-hydrogen) atoms. The predicted molar refractivity (Wildman–Crippen MR) is 76.0 cm³/mol. The molecule has 1 aliphatic rings. The zero-order chi connectivity index (χ0) is 13.5. The van der Waals surface area contributed by atoms with Gasteiger partial charge < -0.3 is 10.0 Å². The minimum atomic E-state index is -0.219. The first-order chi connectivity index (χ1) is 9.33. The Kier molecular flexibility index (Phi) is 5.25. The van der Waals surface area contributed by atoms with Gasteiger partial charge in [-0.25, -0.2) is 0 Å². The van der Waals surface area contributed by atoms with Crippen molar-refractivity contribution >= 4 is 17.7 Å². The maximum absolute atomic E-state index is 12.5. The molecule has 5 heteroatoms. The normalized spacial score (nSPS) is 15.3. The number of carbonyl (C=O) groups is 1. The Hall–Kier alpha value is -1.51. The van der Waals surface area contributed by atoms with Gasteiger partial charge in [-0.1, -0.05) is 11.8 Å². The minimum absolute atomic E-state index is 0.00661. The summed E-state index contributed by atoms with van der Waals surface area (Å²) in [5.74, 6) is 7.44. The molecule has 0 unspecified atom stereocenters. The third kappa shape index (κ3) is 3.72. The number of hydrogen-bond donors (Lipinski definition) is 1. The summed E-state index contributed by atoms with van der Waals surface area (Å²) in [6.07, 6.45) is 4.20. The average Bonchev–Trinajstić information content (AvgIpc) is 2.73. The first kappa shape index (κ1) is 13.9. The van der Waals surface area contributed by atoms with Crippen LogP contribution in [0.25, 0.3) is 0 Å². The number of hydrogen-bond acceptors (Lipinski definition) is 4. The van der Waals surface area contributed by atoms with Crippen LogP contribution in [0.3, 0.4) is 0 Å². The summed E-state index contributed by atoms with van der Waals surface area (Å²) in [5.41, 5.74) is 1.15. The Labute approximate surface area is 117 Å². The van der Waals surface area contributed by atoms with E-state index in [9.17, 15) is 4.79 Å². The lowest BCUT2D eigenvalue weighted by molar-refractivity contribution is 0.0768. The van der Waals surface area contributed by atoms with Crippen molar-refractivity contribution in [3.05, 3.63) is 29.6 Å². The standard InChI is InChI=1S/C14H16N2O2S/c17-8-1-3-12-11-15-5-4-13(12)14(18)16-6-2-9-19-10-7-16/h4-5,11,17H,2,6-10H2. The summed E-state index contributed by atoms with van der Waals surface area (Å²) in [5, 5.41) is 8.75. The Morgan fingerprint density at radius 3 is 3.21 bits per heavy atom. The number of aromatic nitrogens is 1. The van der Waals surface area contributed by atoms with Crippen LogP contribution in [-0.2, 0) is 0 Å². The molecule has 0 aromatic carbocycles. The Morgan fingerprint density at radius 2 is 2.37 bits per heavy atom. The van der Waals surface area contributed by atoms with Crippen LogP contribution in [-0.4, -0.2) is 52.1 Å². The van der Waals surface area contributed by atoms with Gasteiger partial charge in [-0.2, -0.15) is 11.8 Å². The second-order valence-electron chi connectivity index (χ2n) is 4.14. The second-order valence-corrected chi connectivity index (χ2v) is 5.36. The molecule has 0 spiro atoms. The van der Waals surface area contributed by atoms with E-state index in [0.29, 0.717) is 11.1 Å². The predicted octanol–water partition coefficient (Wildman–Crippen LogP) is 1.00.